The van der Waals surface area contributed by atoms with E-state index in [1.54, 1.807) is 0 Å². The molecular formula is C16H22N4O. The molecule has 3 rings (SSSR count). The zero-order chi connectivity index (χ0) is 14.8. The topological polar surface area (TPSA) is 55.1 Å². The molecule has 0 atom stereocenters. The van der Waals surface area contributed by atoms with Crippen LogP contribution >= 0.6 is 0 Å². The minimum Gasteiger partial charge on any atom is -0.339 e. The van der Waals surface area contributed by atoms with E-state index in [0.29, 0.717) is 17.7 Å². The lowest BCUT2D eigenvalue weighted by Gasteiger charge is -2.37. The molecule has 21 heavy (non-hydrogen) atoms. The number of rotatable bonds is 5. The van der Waals surface area contributed by atoms with Crippen LogP contribution < -0.4 is 0 Å². The zero-order valence-electron chi connectivity index (χ0n) is 12.9. The van der Waals surface area contributed by atoms with Crippen molar-refractivity contribution in [2.75, 3.05) is 13.1 Å². The lowest BCUT2D eigenvalue weighted by atomic mass is 9.99. The first-order chi connectivity index (χ1) is 10.1. The third-order valence-electron chi connectivity index (χ3n) is 3.76. The minimum absolute atomic E-state index is 0.388. The van der Waals surface area contributed by atoms with E-state index in [-0.39, 0.29) is 0 Å². The van der Waals surface area contributed by atoms with Crippen LogP contribution in [0.5, 0.6) is 0 Å². The van der Waals surface area contributed by atoms with Crippen LogP contribution in [0.15, 0.2) is 22.9 Å². The van der Waals surface area contributed by atoms with Gasteiger partial charge in [0.1, 0.15) is 0 Å². The predicted octanol–water partition coefficient (Wildman–Crippen LogP) is 2.57. The molecule has 0 amide bonds. The summed E-state index contributed by atoms with van der Waals surface area (Å²) >= 11 is 0. The van der Waals surface area contributed by atoms with Gasteiger partial charge in [0.25, 0.3) is 0 Å². The van der Waals surface area contributed by atoms with Crippen molar-refractivity contribution in [1.82, 2.24) is 20.0 Å². The van der Waals surface area contributed by atoms with Gasteiger partial charge in [-0.2, -0.15) is 4.98 Å². The van der Waals surface area contributed by atoms with Crippen molar-refractivity contribution >= 4 is 0 Å². The fourth-order valence-electron chi connectivity index (χ4n) is 2.68. The first kappa shape index (κ1) is 14.2. The smallest absolute Gasteiger partial charge is 0.232 e. The molecule has 1 aliphatic rings. The summed E-state index contributed by atoms with van der Waals surface area (Å²) in [5, 5.41) is 3.85. The lowest BCUT2D eigenvalue weighted by molar-refractivity contribution is 0.117. The van der Waals surface area contributed by atoms with Crippen LogP contribution in [0.2, 0.25) is 0 Å². The molecule has 2 aromatic rings. The molecule has 0 aliphatic carbocycles. The van der Waals surface area contributed by atoms with Crippen molar-refractivity contribution in [1.29, 1.82) is 0 Å². The molecule has 0 bridgehead atoms. The number of likely N-dealkylation sites (tertiary alicyclic amines) is 1. The van der Waals surface area contributed by atoms with Gasteiger partial charge in [-0.3, -0.25) is 9.88 Å². The molecule has 5 heteroatoms. The molecule has 0 spiro atoms. The average molecular weight is 286 g/mol. The third-order valence-corrected chi connectivity index (χ3v) is 3.76. The van der Waals surface area contributed by atoms with Crippen LogP contribution in [-0.4, -0.2) is 33.1 Å². The Morgan fingerprint density at radius 3 is 2.71 bits per heavy atom. The molecule has 2 aromatic heterocycles. The summed E-state index contributed by atoms with van der Waals surface area (Å²) in [6.07, 6.45) is 3.05. The molecule has 0 unspecified atom stereocenters. The number of aromatic nitrogens is 3. The van der Waals surface area contributed by atoms with Crippen molar-refractivity contribution in [3.8, 4) is 0 Å². The van der Waals surface area contributed by atoms with Crippen molar-refractivity contribution in [3.05, 3.63) is 41.3 Å². The molecular weight excluding hydrogens is 264 g/mol. The molecule has 0 radical (unpaired) electrons. The summed E-state index contributed by atoms with van der Waals surface area (Å²) in [4.78, 5) is 11.2. The van der Waals surface area contributed by atoms with Gasteiger partial charge in [-0.05, 0) is 30.9 Å². The Labute approximate surface area is 125 Å². The van der Waals surface area contributed by atoms with E-state index in [1.807, 2.05) is 13.1 Å². The van der Waals surface area contributed by atoms with Gasteiger partial charge in [0.15, 0.2) is 5.82 Å². The van der Waals surface area contributed by atoms with Crippen molar-refractivity contribution in [2.24, 2.45) is 5.92 Å². The van der Waals surface area contributed by atoms with Gasteiger partial charge in [-0.1, -0.05) is 25.1 Å². The maximum atomic E-state index is 5.22. The summed E-state index contributed by atoms with van der Waals surface area (Å²) in [5.41, 5.74) is 2.44. The molecule has 1 saturated heterocycles. The number of pyridine rings is 1. The zero-order valence-corrected chi connectivity index (χ0v) is 12.9. The SMILES string of the molecule is Cc1noc(C2CN(Cc3ccc(CC(C)C)nc3)C2)n1. The average Bonchev–Trinajstić information content (AvgIpc) is 2.81. The number of hydrogen-bond donors (Lipinski definition) is 0. The van der Waals surface area contributed by atoms with Crippen LogP contribution in [0.1, 0.15) is 42.7 Å². The van der Waals surface area contributed by atoms with Crippen LogP contribution in [0.4, 0.5) is 0 Å². The third kappa shape index (κ3) is 3.47. The Morgan fingerprint density at radius 1 is 1.33 bits per heavy atom. The highest BCUT2D eigenvalue weighted by atomic mass is 16.5. The monoisotopic (exact) mass is 286 g/mol. The van der Waals surface area contributed by atoms with Gasteiger partial charge >= 0.3 is 0 Å². The van der Waals surface area contributed by atoms with E-state index >= 15 is 0 Å². The quantitative estimate of drug-likeness (QED) is 0.845. The van der Waals surface area contributed by atoms with Gasteiger partial charge in [-0.25, -0.2) is 0 Å². The summed E-state index contributed by atoms with van der Waals surface area (Å²) in [6, 6.07) is 4.34. The van der Waals surface area contributed by atoms with Gasteiger partial charge < -0.3 is 4.52 Å². The fraction of sp³-hybridized carbons (Fsp3) is 0.562. The Hall–Kier alpha value is -1.75. The van der Waals surface area contributed by atoms with Gasteiger partial charge in [0.2, 0.25) is 5.89 Å². The molecule has 1 fully saturated rings. The molecule has 0 saturated carbocycles. The standard InChI is InChI=1S/C16H22N4O/c1-11(2)6-15-5-4-13(7-17-15)8-20-9-14(10-20)16-18-12(3)19-21-16/h4-5,7,11,14H,6,8-10H2,1-3H3. The Morgan fingerprint density at radius 2 is 2.14 bits per heavy atom. The molecule has 3 heterocycles. The van der Waals surface area contributed by atoms with Crippen LogP contribution in [-0.2, 0) is 13.0 Å². The molecule has 112 valence electrons. The van der Waals surface area contributed by atoms with E-state index in [2.05, 4.69) is 46.0 Å². The number of aryl methyl sites for hydroxylation is 1. The highest BCUT2D eigenvalue weighted by Crippen LogP contribution is 2.26. The Kier molecular flexibility index (Phi) is 4.01. The summed E-state index contributed by atoms with van der Waals surface area (Å²) in [6.45, 7) is 9.20. The molecule has 5 nitrogen and oxygen atoms in total. The van der Waals surface area contributed by atoms with Crippen LogP contribution in [0, 0.1) is 12.8 Å². The maximum absolute atomic E-state index is 5.22. The van der Waals surface area contributed by atoms with Gasteiger partial charge in [-0.15, -0.1) is 0 Å². The summed E-state index contributed by atoms with van der Waals surface area (Å²) in [5.74, 6) is 2.53. The van der Waals surface area contributed by atoms with Crippen LogP contribution in [0.3, 0.4) is 0 Å². The highest BCUT2D eigenvalue weighted by molar-refractivity contribution is 5.15. The summed E-state index contributed by atoms with van der Waals surface area (Å²) in [7, 11) is 0. The first-order valence-corrected chi connectivity index (χ1v) is 7.56. The van der Waals surface area contributed by atoms with Gasteiger partial charge in [0, 0.05) is 31.5 Å². The van der Waals surface area contributed by atoms with E-state index in [1.165, 1.54) is 11.3 Å². The second kappa shape index (κ2) is 5.93. The second-order valence-corrected chi connectivity index (χ2v) is 6.33. The van der Waals surface area contributed by atoms with Crippen molar-refractivity contribution in [2.45, 2.75) is 39.7 Å². The highest BCUT2D eigenvalue weighted by Gasteiger charge is 2.32. The largest absolute Gasteiger partial charge is 0.339 e. The van der Waals surface area contributed by atoms with E-state index in [4.69, 9.17) is 4.52 Å². The second-order valence-electron chi connectivity index (χ2n) is 6.33. The Bertz CT molecular complexity index is 585. The molecule has 0 aromatic carbocycles. The lowest BCUT2D eigenvalue weighted by Crippen LogP contribution is -2.44. The van der Waals surface area contributed by atoms with Crippen LogP contribution in [0.25, 0.3) is 0 Å². The Balaban J connectivity index is 1.50. The van der Waals surface area contributed by atoms with E-state index in [9.17, 15) is 0 Å². The first-order valence-electron chi connectivity index (χ1n) is 7.56. The van der Waals surface area contributed by atoms with Gasteiger partial charge in [0.05, 0.1) is 5.92 Å². The van der Waals surface area contributed by atoms with E-state index < -0.39 is 0 Å². The van der Waals surface area contributed by atoms with Crippen molar-refractivity contribution < 1.29 is 4.52 Å². The maximum Gasteiger partial charge on any atom is 0.232 e. The molecule has 1 aliphatic heterocycles. The number of hydrogen-bond acceptors (Lipinski definition) is 5. The van der Waals surface area contributed by atoms with E-state index in [0.717, 1.165) is 31.9 Å². The summed E-state index contributed by atoms with van der Waals surface area (Å²) < 4.78 is 5.22. The molecule has 0 N–H and O–H groups in total. The van der Waals surface area contributed by atoms with Crippen molar-refractivity contribution in [3.63, 3.8) is 0 Å². The predicted molar refractivity (Wildman–Crippen MR) is 79.8 cm³/mol. The number of nitrogens with zero attached hydrogens (tertiary/aromatic N) is 4. The minimum atomic E-state index is 0.388. The fourth-order valence-corrected chi connectivity index (χ4v) is 2.68. The normalized spacial score (nSPS) is 16.4.